The van der Waals surface area contributed by atoms with Crippen LogP contribution >= 0.6 is 11.6 Å². The molecule has 9 heteroatoms. The van der Waals surface area contributed by atoms with E-state index < -0.39 is 28.3 Å². The number of pyridine rings is 1. The van der Waals surface area contributed by atoms with Crippen LogP contribution in [-0.2, 0) is 19.4 Å². The quantitative estimate of drug-likeness (QED) is 0.521. The summed E-state index contributed by atoms with van der Waals surface area (Å²) in [4.78, 5) is 30.7. The topological polar surface area (TPSA) is 93.6 Å². The molecule has 0 spiro atoms. The normalized spacial score (nSPS) is 19.5. The molecule has 0 bridgehead atoms. The first-order valence-corrected chi connectivity index (χ1v) is 11.1. The largest absolute Gasteiger partial charge is 0.452 e. The average molecular weight is 417 g/mol. The lowest BCUT2D eigenvalue weighted by molar-refractivity contribution is -0.138. The van der Waals surface area contributed by atoms with Gasteiger partial charge in [0.05, 0.1) is 17.1 Å². The van der Waals surface area contributed by atoms with Crippen molar-refractivity contribution in [2.24, 2.45) is 0 Å². The highest BCUT2D eigenvalue weighted by molar-refractivity contribution is 7.91. The van der Waals surface area contributed by atoms with Crippen molar-refractivity contribution in [3.05, 3.63) is 28.0 Å². The second-order valence-electron chi connectivity index (χ2n) is 6.94. The number of hydrogen-bond donors (Lipinski definition) is 0. The van der Waals surface area contributed by atoms with Gasteiger partial charge < -0.3 is 9.64 Å². The number of hydrogen-bond acceptors (Lipinski definition) is 6. The maximum absolute atomic E-state index is 12.7. The van der Waals surface area contributed by atoms with Crippen molar-refractivity contribution in [2.45, 2.75) is 52.6 Å². The van der Waals surface area contributed by atoms with E-state index in [9.17, 15) is 18.0 Å². The minimum Gasteiger partial charge on any atom is -0.452 e. The Morgan fingerprint density at radius 2 is 2.07 bits per heavy atom. The highest BCUT2D eigenvalue weighted by Crippen LogP contribution is 2.23. The Morgan fingerprint density at radius 1 is 1.41 bits per heavy atom. The molecule has 1 saturated heterocycles. The molecule has 1 amide bonds. The fourth-order valence-electron chi connectivity index (χ4n) is 3.31. The number of esters is 1. The molecule has 7 nitrogen and oxygen atoms in total. The summed E-state index contributed by atoms with van der Waals surface area (Å²) >= 11 is 6.04. The van der Waals surface area contributed by atoms with Crippen LogP contribution in [0.5, 0.6) is 0 Å². The second kappa shape index (κ2) is 8.56. The summed E-state index contributed by atoms with van der Waals surface area (Å²) in [7, 11) is -3.13. The number of ether oxygens (including phenoxy) is 1. The summed E-state index contributed by atoms with van der Waals surface area (Å²) in [6.45, 7) is 6.78. The van der Waals surface area contributed by atoms with Gasteiger partial charge in [-0.25, -0.2) is 18.2 Å². The van der Waals surface area contributed by atoms with Crippen LogP contribution in [0.3, 0.4) is 0 Å². The Balaban J connectivity index is 2.11. The number of halogens is 1. The van der Waals surface area contributed by atoms with Crippen LogP contribution in [0.2, 0.25) is 5.15 Å². The van der Waals surface area contributed by atoms with E-state index in [-0.39, 0.29) is 34.3 Å². The number of carbonyl (C=O) groups is 2. The minimum atomic E-state index is -3.13. The Kier molecular flexibility index (Phi) is 6.86. The van der Waals surface area contributed by atoms with Gasteiger partial charge in [0, 0.05) is 17.8 Å². The van der Waals surface area contributed by atoms with E-state index in [1.54, 1.807) is 24.8 Å². The van der Waals surface area contributed by atoms with Gasteiger partial charge in [0.2, 0.25) is 0 Å². The molecule has 2 rings (SSSR count). The molecular formula is C18H25ClN2O5S. The number of nitrogens with zero attached hydrogens (tertiary/aromatic N) is 2. The fourth-order valence-corrected chi connectivity index (χ4v) is 5.38. The van der Waals surface area contributed by atoms with Gasteiger partial charge >= 0.3 is 5.97 Å². The van der Waals surface area contributed by atoms with Crippen molar-refractivity contribution in [1.29, 1.82) is 0 Å². The molecule has 2 heterocycles. The van der Waals surface area contributed by atoms with Crippen molar-refractivity contribution >= 4 is 33.3 Å². The summed E-state index contributed by atoms with van der Waals surface area (Å²) in [6, 6.07) is 1.17. The molecule has 150 valence electrons. The summed E-state index contributed by atoms with van der Waals surface area (Å²) in [6.07, 6.45) is 1.07. The van der Waals surface area contributed by atoms with Crippen LogP contribution in [0, 0.1) is 13.8 Å². The predicted molar refractivity (Wildman–Crippen MR) is 103 cm³/mol. The van der Waals surface area contributed by atoms with Crippen LogP contribution in [0.25, 0.3) is 0 Å². The fraction of sp³-hybridized carbons (Fsp3) is 0.611. The first kappa shape index (κ1) is 21.6. The van der Waals surface area contributed by atoms with Gasteiger partial charge in [-0.05, 0) is 45.2 Å². The molecule has 0 aromatic carbocycles. The van der Waals surface area contributed by atoms with E-state index in [0.29, 0.717) is 24.1 Å². The number of rotatable bonds is 6. The predicted octanol–water partition coefficient (Wildman–Crippen LogP) is 2.32. The molecule has 0 saturated carbocycles. The highest BCUT2D eigenvalue weighted by Gasteiger charge is 2.36. The van der Waals surface area contributed by atoms with E-state index in [1.165, 1.54) is 0 Å². The number of aryl methyl sites for hydroxylation is 2. The second-order valence-corrected chi connectivity index (χ2v) is 9.52. The number of amides is 1. The maximum atomic E-state index is 12.7. The van der Waals surface area contributed by atoms with Crippen LogP contribution in [0.15, 0.2) is 6.07 Å². The number of carbonyl (C=O) groups excluding carboxylic acids is 2. The third kappa shape index (κ3) is 5.19. The van der Waals surface area contributed by atoms with Crippen molar-refractivity contribution in [3.63, 3.8) is 0 Å². The lowest BCUT2D eigenvalue weighted by Crippen LogP contribution is -2.48. The van der Waals surface area contributed by atoms with E-state index in [2.05, 4.69) is 4.98 Å². The van der Waals surface area contributed by atoms with Gasteiger partial charge in [-0.15, -0.1) is 0 Å². The van der Waals surface area contributed by atoms with Gasteiger partial charge in [-0.3, -0.25) is 4.79 Å². The van der Waals surface area contributed by atoms with E-state index in [1.807, 2.05) is 13.8 Å². The summed E-state index contributed by atoms with van der Waals surface area (Å²) in [5.74, 6) is -1.11. The van der Waals surface area contributed by atoms with Crippen LogP contribution < -0.4 is 0 Å². The van der Waals surface area contributed by atoms with Gasteiger partial charge in [0.25, 0.3) is 5.91 Å². The first-order valence-electron chi connectivity index (χ1n) is 8.88. The molecule has 0 radical (unpaired) electrons. The molecular weight excluding hydrogens is 392 g/mol. The van der Waals surface area contributed by atoms with Crippen molar-refractivity contribution in [2.75, 3.05) is 18.1 Å². The number of aromatic nitrogens is 1. The van der Waals surface area contributed by atoms with Gasteiger partial charge in [-0.2, -0.15) is 0 Å². The maximum Gasteiger partial charge on any atom is 0.342 e. The molecule has 1 aliphatic rings. The monoisotopic (exact) mass is 416 g/mol. The molecule has 1 aliphatic heterocycles. The summed E-state index contributed by atoms with van der Waals surface area (Å²) in [5.41, 5.74) is 1.43. The SMILES string of the molecule is CC[C@H](C)N(C(=O)COC(=O)c1c(C)cc(C)nc1Cl)[C@@H]1CCS(=O)(=O)C1. The van der Waals surface area contributed by atoms with E-state index in [4.69, 9.17) is 16.3 Å². The zero-order valence-corrected chi connectivity index (χ0v) is 17.6. The molecule has 1 aromatic heterocycles. The Hall–Kier alpha value is -1.67. The molecule has 27 heavy (non-hydrogen) atoms. The Morgan fingerprint density at radius 3 is 2.59 bits per heavy atom. The lowest BCUT2D eigenvalue weighted by Gasteiger charge is -2.33. The summed E-state index contributed by atoms with van der Waals surface area (Å²) < 4.78 is 28.7. The van der Waals surface area contributed by atoms with Crippen molar-refractivity contribution < 1.29 is 22.7 Å². The van der Waals surface area contributed by atoms with Gasteiger partial charge in [0.15, 0.2) is 16.4 Å². The van der Waals surface area contributed by atoms with E-state index in [0.717, 1.165) is 0 Å². The zero-order valence-electron chi connectivity index (χ0n) is 16.0. The third-order valence-electron chi connectivity index (χ3n) is 4.79. The molecule has 1 aromatic rings. The molecule has 0 unspecified atom stereocenters. The van der Waals surface area contributed by atoms with Crippen LogP contribution in [0.1, 0.15) is 48.3 Å². The molecule has 0 aliphatic carbocycles. The third-order valence-corrected chi connectivity index (χ3v) is 6.81. The number of sulfone groups is 1. The van der Waals surface area contributed by atoms with Gasteiger partial charge in [0.1, 0.15) is 5.15 Å². The standard InChI is InChI=1S/C18H25ClN2O5S/c1-5-13(4)21(14-6-7-27(24,25)10-14)15(22)9-26-18(23)16-11(2)8-12(3)20-17(16)19/h8,13-14H,5-7,9-10H2,1-4H3/t13-,14+/m0/s1. The minimum absolute atomic E-state index is 0.0330. The molecule has 1 fully saturated rings. The highest BCUT2D eigenvalue weighted by atomic mass is 35.5. The van der Waals surface area contributed by atoms with Crippen LogP contribution in [0.4, 0.5) is 0 Å². The van der Waals surface area contributed by atoms with Gasteiger partial charge in [-0.1, -0.05) is 18.5 Å². The Bertz CT molecular complexity index is 817. The molecule has 0 N–H and O–H groups in total. The van der Waals surface area contributed by atoms with E-state index >= 15 is 0 Å². The first-order chi connectivity index (χ1) is 12.6. The Labute approximate surface area is 165 Å². The lowest BCUT2D eigenvalue weighted by atomic mass is 10.1. The average Bonchev–Trinajstić information content (AvgIpc) is 2.91. The zero-order chi connectivity index (χ0) is 20.4. The molecule has 2 atom stereocenters. The summed E-state index contributed by atoms with van der Waals surface area (Å²) in [5, 5.41) is 0.0330. The van der Waals surface area contributed by atoms with Crippen molar-refractivity contribution in [1.82, 2.24) is 9.88 Å². The van der Waals surface area contributed by atoms with Crippen LogP contribution in [-0.4, -0.2) is 60.4 Å². The van der Waals surface area contributed by atoms with Crippen molar-refractivity contribution in [3.8, 4) is 0 Å². The smallest absolute Gasteiger partial charge is 0.342 e.